The molecule has 2 unspecified atom stereocenters. The zero-order valence-corrected chi connectivity index (χ0v) is 10.9. The second kappa shape index (κ2) is 6.52. The van der Waals surface area contributed by atoms with Gasteiger partial charge in [-0.3, -0.25) is 0 Å². The molecule has 0 bridgehead atoms. The Morgan fingerprint density at radius 3 is 2.79 bits per heavy atom. The molecule has 0 radical (unpaired) electrons. The Hall–Kier alpha value is -1.62. The molecule has 0 spiro atoms. The lowest BCUT2D eigenvalue weighted by Crippen LogP contribution is -2.29. The molecular formula is C14H20N2O3. The summed E-state index contributed by atoms with van der Waals surface area (Å²) in [5.74, 6) is 0.149. The molecule has 3 N–H and O–H groups in total. The fraction of sp³-hybridized carbons (Fsp3) is 0.571. The van der Waals surface area contributed by atoms with Gasteiger partial charge in [-0.1, -0.05) is 12.8 Å². The Morgan fingerprint density at radius 1 is 1.37 bits per heavy atom. The number of rotatable bonds is 5. The number of hydrogen-bond acceptors (Lipinski definition) is 4. The third-order valence-electron chi connectivity index (χ3n) is 3.87. The summed E-state index contributed by atoms with van der Waals surface area (Å²) in [6.07, 6.45) is 6.06. The highest BCUT2D eigenvalue weighted by atomic mass is 16.4. The molecule has 1 fully saturated rings. The first kappa shape index (κ1) is 13.8. The van der Waals surface area contributed by atoms with E-state index in [1.165, 1.54) is 12.8 Å². The summed E-state index contributed by atoms with van der Waals surface area (Å²) in [4.78, 5) is 15.2. The van der Waals surface area contributed by atoms with E-state index in [1.54, 1.807) is 18.3 Å². The summed E-state index contributed by atoms with van der Waals surface area (Å²) in [5.41, 5.74) is 0.193. The molecule has 0 aromatic carbocycles. The van der Waals surface area contributed by atoms with E-state index in [0.29, 0.717) is 24.2 Å². The van der Waals surface area contributed by atoms with Crippen molar-refractivity contribution in [2.24, 2.45) is 11.8 Å². The van der Waals surface area contributed by atoms with Crippen molar-refractivity contribution in [1.29, 1.82) is 0 Å². The molecule has 1 saturated carbocycles. The average molecular weight is 264 g/mol. The molecule has 1 aromatic heterocycles. The van der Waals surface area contributed by atoms with Crippen LogP contribution in [0.25, 0.3) is 0 Å². The Labute approximate surface area is 112 Å². The van der Waals surface area contributed by atoms with Gasteiger partial charge in [0.25, 0.3) is 0 Å². The lowest BCUT2D eigenvalue weighted by atomic mass is 9.79. The number of aliphatic hydroxyl groups is 1. The molecule has 0 saturated heterocycles. The van der Waals surface area contributed by atoms with Gasteiger partial charge in [0.05, 0.1) is 0 Å². The van der Waals surface area contributed by atoms with Gasteiger partial charge in [0, 0.05) is 19.3 Å². The van der Waals surface area contributed by atoms with E-state index in [4.69, 9.17) is 5.11 Å². The van der Waals surface area contributed by atoms with Gasteiger partial charge in [-0.05, 0) is 36.8 Å². The molecule has 1 aromatic rings. The van der Waals surface area contributed by atoms with Crippen molar-refractivity contribution in [3.63, 3.8) is 0 Å². The highest BCUT2D eigenvalue weighted by Crippen LogP contribution is 2.29. The monoisotopic (exact) mass is 264 g/mol. The third-order valence-corrected chi connectivity index (χ3v) is 3.87. The average Bonchev–Trinajstić information content (AvgIpc) is 2.45. The highest BCUT2D eigenvalue weighted by Gasteiger charge is 2.24. The quantitative estimate of drug-likeness (QED) is 0.757. The summed E-state index contributed by atoms with van der Waals surface area (Å²) < 4.78 is 0. The van der Waals surface area contributed by atoms with Gasteiger partial charge in [-0.15, -0.1) is 0 Å². The van der Waals surface area contributed by atoms with E-state index in [0.717, 1.165) is 12.8 Å². The molecule has 5 nitrogen and oxygen atoms in total. The standard InChI is InChI=1S/C14H20N2O3/c17-9-11-5-2-1-4-10(11)8-16-13-12(14(18)19)6-3-7-15-13/h3,6-7,10-11,17H,1-2,4-5,8-9H2,(H,15,16)(H,18,19). The minimum absolute atomic E-state index is 0.193. The van der Waals surface area contributed by atoms with E-state index in [1.807, 2.05) is 0 Å². The Morgan fingerprint density at radius 2 is 2.11 bits per heavy atom. The zero-order valence-electron chi connectivity index (χ0n) is 10.9. The second-order valence-electron chi connectivity index (χ2n) is 5.07. The number of carbonyl (C=O) groups is 1. The van der Waals surface area contributed by atoms with E-state index in [9.17, 15) is 9.90 Å². The molecule has 1 aliphatic rings. The van der Waals surface area contributed by atoms with Gasteiger partial charge in [0.1, 0.15) is 11.4 Å². The summed E-state index contributed by atoms with van der Waals surface area (Å²) in [7, 11) is 0. The Bertz CT molecular complexity index is 436. The number of aromatic carboxylic acids is 1. The maximum absolute atomic E-state index is 11.1. The largest absolute Gasteiger partial charge is 0.478 e. The van der Waals surface area contributed by atoms with Crippen molar-refractivity contribution in [2.45, 2.75) is 25.7 Å². The van der Waals surface area contributed by atoms with Crippen molar-refractivity contribution in [3.8, 4) is 0 Å². The molecule has 1 heterocycles. The number of hydrogen-bond donors (Lipinski definition) is 3. The maximum atomic E-state index is 11.1. The molecule has 104 valence electrons. The van der Waals surface area contributed by atoms with Crippen LogP contribution in [-0.2, 0) is 0 Å². The van der Waals surface area contributed by atoms with E-state index < -0.39 is 5.97 Å². The number of carboxylic acid groups (broad SMARTS) is 1. The van der Waals surface area contributed by atoms with Crippen molar-refractivity contribution in [2.75, 3.05) is 18.5 Å². The molecule has 0 aliphatic heterocycles. The fourth-order valence-electron chi connectivity index (χ4n) is 2.74. The SMILES string of the molecule is O=C(O)c1cccnc1NCC1CCCCC1CO. The number of anilines is 1. The molecule has 2 rings (SSSR count). The van der Waals surface area contributed by atoms with Crippen LogP contribution in [0, 0.1) is 11.8 Å². The van der Waals surface area contributed by atoms with Crippen molar-refractivity contribution >= 4 is 11.8 Å². The summed E-state index contributed by atoms with van der Waals surface area (Å²) in [5, 5.41) is 21.6. The van der Waals surface area contributed by atoms with E-state index in [-0.39, 0.29) is 12.2 Å². The van der Waals surface area contributed by atoms with Gasteiger partial charge in [-0.2, -0.15) is 0 Å². The second-order valence-corrected chi connectivity index (χ2v) is 5.07. The number of nitrogens with one attached hydrogen (secondary N) is 1. The molecule has 0 amide bonds. The smallest absolute Gasteiger partial charge is 0.339 e. The lowest BCUT2D eigenvalue weighted by Gasteiger charge is -2.30. The van der Waals surface area contributed by atoms with Gasteiger partial charge >= 0.3 is 5.97 Å². The molecule has 1 aliphatic carbocycles. The Balaban J connectivity index is 2.00. The van der Waals surface area contributed by atoms with Crippen LogP contribution in [0.2, 0.25) is 0 Å². The predicted octanol–water partition coefficient (Wildman–Crippen LogP) is 1.99. The number of pyridine rings is 1. The molecule has 5 heteroatoms. The highest BCUT2D eigenvalue weighted by molar-refractivity contribution is 5.92. The van der Waals surface area contributed by atoms with Crippen LogP contribution in [-0.4, -0.2) is 34.3 Å². The number of nitrogens with zero attached hydrogens (tertiary/aromatic N) is 1. The van der Waals surface area contributed by atoms with Crippen molar-refractivity contribution in [1.82, 2.24) is 4.98 Å². The number of aliphatic hydroxyl groups excluding tert-OH is 1. The maximum Gasteiger partial charge on any atom is 0.339 e. The summed E-state index contributed by atoms with van der Waals surface area (Å²) in [6.45, 7) is 0.878. The number of aromatic nitrogens is 1. The van der Waals surface area contributed by atoms with Gasteiger partial charge in [0.2, 0.25) is 0 Å². The first-order valence-electron chi connectivity index (χ1n) is 6.75. The minimum atomic E-state index is -0.974. The van der Waals surface area contributed by atoms with Crippen molar-refractivity contribution in [3.05, 3.63) is 23.9 Å². The fourth-order valence-corrected chi connectivity index (χ4v) is 2.74. The van der Waals surface area contributed by atoms with Gasteiger partial charge in [-0.25, -0.2) is 9.78 Å². The molecule has 2 atom stereocenters. The van der Waals surface area contributed by atoms with Crippen LogP contribution in [0.5, 0.6) is 0 Å². The first-order chi connectivity index (χ1) is 9.22. The normalized spacial score (nSPS) is 23.0. The van der Waals surface area contributed by atoms with Crippen LogP contribution >= 0.6 is 0 Å². The van der Waals surface area contributed by atoms with Crippen LogP contribution < -0.4 is 5.32 Å². The van der Waals surface area contributed by atoms with Crippen LogP contribution in [0.15, 0.2) is 18.3 Å². The third kappa shape index (κ3) is 3.44. The van der Waals surface area contributed by atoms with E-state index >= 15 is 0 Å². The molecule has 19 heavy (non-hydrogen) atoms. The molecular weight excluding hydrogens is 244 g/mol. The van der Waals surface area contributed by atoms with Gasteiger partial charge in [0.15, 0.2) is 0 Å². The lowest BCUT2D eigenvalue weighted by molar-refractivity contribution is 0.0697. The topological polar surface area (TPSA) is 82.5 Å². The zero-order chi connectivity index (χ0) is 13.7. The number of carboxylic acids is 1. The summed E-state index contributed by atoms with van der Waals surface area (Å²) >= 11 is 0. The van der Waals surface area contributed by atoms with Crippen molar-refractivity contribution < 1.29 is 15.0 Å². The summed E-state index contributed by atoms with van der Waals surface area (Å²) in [6, 6.07) is 3.16. The van der Waals surface area contributed by atoms with E-state index in [2.05, 4.69) is 10.3 Å². The minimum Gasteiger partial charge on any atom is -0.478 e. The van der Waals surface area contributed by atoms with Crippen LogP contribution in [0.1, 0.15) is 36.0 Å². The predicted molar refractivity (Wildman–Crippen MR) is 72.2 cm³/mol. The van der Waals surface area contributed by atoms with Crippen LogP contribution in [0.3, 0.4) is 0 Å². The van der Waals surface area contributed by atoms with Crippen LogP contribution in [0.4, 0.5) is 5.82 Å². The Kier molecular flexibility index (Phi) is 4.74. The van der Waals surface area contributed by atoms with Gasteiger partial charge < -0.3 is 15.5 Å². The first-order valence-corrected chi connectivity index (χ1v) is 6.75.